The van der Waals surface area contributed by atoms with Gasteiger partial charge in [-0.1, -0.05) is 12.8 Å². The molecule has 1 aliphatic carbocycles. The Hall–Kier alpha value is -0.0800. The zero-order chi connectivity index (χ0) is 9.86. The topological polar surface area (TPSA) is 15.3 Å². The smallest absolute Gasteiger partial charge is 0.0153 e. The van der Waals surface area contributed by atoms with Gasteiger partial charge >= 0.3 is 0 Å². The molecule has 2 aliphatic rings. The fraction of sp³-hybridized carbons (Fsp3) is 1.00. The molecule has 0 bridgehead atoms. The van der Waals surface area contributed by atoms with Crippen LogP contribution in [-0.2, 0) is 0 Å². The largest absolute Gasteiger partial charge is 0.310 e. The maximum absolute atomic E-state index is 3.74. The van der Waals surface area contributed by atoms with Gasteiger partial charge in [0, 0.05) is 18.6 Å². The van der Waals surface area contributed by atoms with Gasteiger partial charge in [-0.2, -0.15) is 0 Å². The van der Waals surface area contributed by atoms with Crippen molar-refractivity contribution in [1.82, 2.24) is 10.2 Å². The van der Waals surface area contributed by atoms with Gasteiger partial charge in [0.25, 0.3) is 0 Å². The summed E-state index contributed by atoms with van der Waals surface area (Å²) in [6.07, 6.45) is 8.44. The highest BCUT2D eigenvalue weighted by molar-refractivity contribution is 4.88. The average molecular weight is 196 g/mol. The third-order valence-electron chi connectivity index (χ3n) is 3.89. The van der Waals surface area contributed by atoms with Crippen LogP contribution < -0.4 is 5.32 Å². The number of nitrogens with zero attached hydrogens (tertiary/aromatic N) is 1. The van der Waals surface area contributed by atoms with Crippen molar-refractivity contribution < 1.29 is 0 Å². The van der Waals surface area contributed by atoms with Crippen LogP contribution in [0.2, 0.25) is 0 Å². The lowest BCUT2D eigenvalue weighted by molar-refractivity contribution is 0.296. The van der Waals surface area contributed by atoms with Crippen LogP contribution >= 0.6 is 0 Å². The number of hydrogen-bond acceptors (Lipinski definition) is 2. The Labute approximate surface area is 88.1 Å². The van der Waals surface area contributed by atoms with Crippen molar-refractivity contribution in [3.05, 3.63) is 0 Å². The van der Waals surface area contributed by atoms with E-state index in [4.69, 9.17) is 0 Å². The molecule has 2 nitrogen and oxygen atoms in total. The van der Waals surface area contributed by atoms with Crippen LogP contribution in [0, 0.1) is 0 Å². The molecule has 1 heterocycles. The molecular formula is C12H24N2. The molecule has 0 amide bonds. The maximum Gasteiger partial charge on any atom is 0.0153 e. The van der Waals surface area contributed by atoms with Crippen LogP contribution in [-0.4, -0.2) is 36.6 Å². The van der Waals surface area contributed by atoms with Crippen molar-refractivity contribution in [3.8, 4) is 0 Å². The summed E-state index contributed by atoms with van der Waals surface area (Å²) < 4.78 is 0. The Bertz CT molecular complexity index is 167. The molecule has 0 aromatic rings. The number of hydrogen-bond donors (Lipinski definition) is 1. The Balaban J connectivity index is 1.61. The maximum atomic E-state index is 3.74. The zero-order valence-corrected chi connectivity index (χ0v) is 9.52. The molecule has 0 unspecified atom stereocenters. The summed E-state index contributed by atoms with van der Waals surface area (Å²) in [7, 11) is 0. The second-order valence-electron chi connectivity index (χ2n) is 5.24. The lowest BCUT2D eigenvalue weighted by Crippen LogP contribution is -2.43. The first kappa shape index (κ1) is 10.4. The standard InChI is InChI=1S/C12H24N2/c1-12(6-2-3-7-12)13-8-11-14-9-4-5-10-14/h13H,2-11H2,1H3. The van der Waals surface area contributed by atoms with Gasteiger partial charge in [-0.05, 0) is 45.7 Å². The summed E-state index contributed by atoms with van der Waals surface area (Å²) in [6, 6.07) is 0. The van der Waals surface area contributed by atoms with Crippen molar-refractivity contribution in [2.45, 2.75) is 51.0 Å². The minimum absolute atomic E-state index is 0.472. The molecule has 0 aromatic carbocycles. The summed E-state index contributed by atoms with van der Waals surface area (Å²) in [6.45, 7) is 7.51. The molecule has 1 N–H and O–H groups in total. The summed E-state index contributed by atoms with van der Waals surface area (Å²) in [5, 5.41) is 3.74. The SMILES string of the molecule is CC1(NCCN2CCCC2)CCCC1. The van der Waals surface area contributed by atoms with Crippen LogP contribution in [0.1, 0.15) is 45.4 Å². The van der Waals surface area contributed by atoms with E-state index in [2.05, 4.69) is 17.1 Å². The second kappa shape index (κ2) is 4.63. The Kier molecular flexibility index (Phi) is 3.45. The third-order valence-corrected chi connectivity index (χ3v) is 3.89. The molecular weight excluding hydrogens is 172 g/mol. The van der Waals surface area contributed by atoms with Crippen LogP contribution in [0.5, 0.6) is 0 Å². The molecule has 1 aliphatic heterocycles. The lowest BCUT2D eigenvalue weighted by Gasteiger charge is -2.26. The van der Waals surface area contributed by atoms with Crippen molar-refractivity contribution in [2.75, 3.05) is 26.2 Å². The zero-order valence-electron chi connectivity index (χ0n) is 9.52. The third kappa shape index (κ3) is 2.71. The van der Waals surface area contributed by atoms with E-state index in [9.17, 15) is 0 Å². The first-order valence-electron chi connectivity index (χ1n) is 6.26. The van der Waals surface area contributed by atoms with Gasteiger partial charge in [0.1, 0.15) is 0 Å². The Morgan fingerprint density at radius 2 is 1.71 bits per heavy atom. The second-order valence-corrected chi connectivity index (χ2v) is 5.24. The van der Waals surface area contributed by atoms with Crippen molar-refractivity contribution >= 4 is 0 Å². The van der Waals surface area contributed by atoms with Crippen molar-refractivity contribution in [1.29, 1.82) is 0 Å². The number of rotatable bonds is 4. The van der Waals surface area contributed by atoms with Crippen LogP contribution in [0.3, 0.4) is 0 Å². The predicted molar refractivity (Wildman–Crippen MR) is 60.5 cm³/mol. The first-order chi connectivity index (χ1) is 6.79. The van der Waals surface area contributed by atoms with E-state index >= 15 is 0 Å². The monoisotopic (exact) mass is 196 g/mol. The van der Waals surface area contributed by atoms with Gasteiger partial charge < -0.3 is 10.2 Å². The summed E-state index contributed by atoms with van der Waals surface area (Å²) in [4.78, 5) is 2.59. The van der Waals surface area contributed by atoms with Gasteiger partial charge in [-0.3, -0.25) is 0 Å². The van der Waals surface area contributed by atoms with E-state index in [1.807, 2.05) is 0 Å². The molecule has 2 fully saturated rings. The molecule has 0 aromatic heterocycles. The van der Waals surface area contributed by atoms with Gasteiger partial charge in [0.05, 0.1) is 0 Å². The minimum atomic E-state index is 0.472. The molecule has 1 saturated heterocycles. The predicted octanol–water partition coefficient (Wildman–Crippen LogP) is 2.00. The first-order valence-corrected chi connectivity index (χ1v) is 6.26. The van der Waals surface area contributed by atoms with Crippen molar-refractivity contribution in [3.63, 3.8) is 0 Å². The fourth-order valence-electron chi connectivity index (χ4n) is 2.85. The van der Waals surface area contributed by atoms with Crippen LogP contribution in [0.15, 0.2) is 0 Å². The van der Waals surface area contributed by atoms with Gasteiger partial charge in [-0.15, -0.1) is 0 Å². The highest BCUT2D eigenvalue weighted by Gasteiger charge is 2.27. The summed E-state index contributed by atoms with van der Waals surface area (Å²) in [5.41, 5.74) is 0.472. The molecule has 1 saturated carbocycles. The van der Waals surface area contributed by atoms with E-state index < -0.39 is 0 Å². The Morgan fingerprint density at radius 1 is 1.07 bits per heavy atom. The quantitative estimate of drug-likeness (QED) is 0.740. The Morgan fingerprint density at radius 3 is 2.36 bits per heavy atom. The summed E-state index contributed by atoms with van der Waals surface area (Å²) in [5.74, 6) is 0. The molecule has 0 atom stereocenters. The van der Waals surface area contributed by atoms with E-state index in [0.29, 0.717) is 5.54 Å². The van der Waals surface area contributed by atoms with Crippen molar-refractivity contribution in [2.24, 2.45) is 0 Å². The van der Waals surface area contributed by atoms with Crippen LogP contribution in [0.25, 0.3) is 0 Å². The van der Waals surface area contributed by atoms with E-state index in [1.165, 1.54) is 64.7 Å². The molecule has 0 radical (unpaired) electrons. The van der Waals surface area contributed by atoms with Gasteiger partial charge in [0.2, 0.25) is 0 Å². The lowest BCUT2D eigenvalue weighted by atomic mass is 10.0. The molecule has 82 valence electrons. The highest BCUT2D eigenvalue weighted by atomic mass is 15.2. The van der Waals surface area contributed by atoms with E-state index in [-0.39, 0.29) is 0 Å². The highest BCUT2D eigenvalue weighted by Crippen LogP contribution is 2.28. The van der Waals surface area contributed by atoms with E-state index in [0.717, 1.165) is 0 Å². The van der Waals surface area contributed by atoms with Gasteiger partial charge in [0.15, 0.2) is 0 Å². The minimum Gasteiger partial charge on any atom is -0.310 e. The molecule has 2 heteroatoms. The van der Waals surface area contributed by atoms with E-state index in [1.54, 1.807) is 0 Å². The number of likely N-dealkylation sites (tertiary alicyclic amines) is 1. The molecule has 14 heavy (non-hydrogen) atoms. The molecule has 0 spiro atoms. The normalized spacial score (nSPS) is 27.2. The summed E-state index contributed by atoms with van der Waals surface area (Å²) >= 11 is 0. The number of nitrogens with one attached hydrogen (secondary N) is 1. The molecule has 2 rings (SSSR count). The van der Waals surface area contributed by atoms with Gasteiger partial charge in [-0.25, -0.2) is 0 Å². The fourth-order valence-corrected chi connectivity index (χ4v) is 2.85. The van der Waals surface area contributed by atoms with Crippen LogP contribution in [0.4, 0.5) is 0 Å². The average Bonchev–Trinajstić information content (AvgIpc) is 2.77.